The standard InChI is InChI=1S/C13H26O3/c1-11(2,3)9-13(7,8)10(14)15-16-12(4,5)6/h9H2,1-8H3. The summed E-state index contributed by atoms with van der Waals surface area (Å²) in [5, 5.41) is 0. The van der Waals surface area contributed by atoms with Crippen molar-refractivity contribution in [2.45, 2.75) is 67.4 Å². The molecular formula is C13H26O3. The molecule has 0 atom stereocenters. The first-order valence-corrected chi connectivity index (χ1v) is 5.74. The molecule has 3 heteroatoms. The van der Waals surface area contributed by atoms with Crippen LogP contribution in [0.25, 0.3) is 0 Å². The lowest BCUT2D eigenvalue weighted by Gasteiger charge is -2.30. The summed E-state index contributed by atoms with van der Waals surface area (Å²) in [4.78, 5) is 21.8. The molecule has 0 aromatic carbocycles. The van der Waals surface area contributed by atoms with Crippen molar-refractivity contribution in [2.24, 2.45) is 10.8 Å². The highest BCUT2D eigenvalue weighted by Crippen LogP contribution is 2.34. The quantitative estimate of drug-likeness (QED) is 0.547. The van der Waals surface area contributed by atoms with E-state index in [1.54, 1.807) is 0 Å². The molecule has 0 spiro atoms. The van der Waals surface area contributed by atoms with Crippen LogP contribution >= 0.6 is 0 Å². The van der Waals surface area contributed by atoms with Crippen molar-refractivity contribution in [3.63, 3.8) is 0 Å². The first-order chi connectivity index (χ1) is 6.83. The van der Waals surface area contributed by atoms with Crippen LogP contribution in [0.1, 0.15) is 61.8 Å². The van der Waals surface area contributed by atoms with Crippen LogP contribution in [0, 0.1) is 10.8 Å². The first-order valence-electron chi connectivity index (χ1n) is 5.74. The highest BCUT2D eigenvalue weighted by Gasteiger charge is 2.35. The monoisotopic (exact) mass is 230 g/mol. The summed E-state index contributed by atoms with van der Waals surface area (Å²) in [5.41, 5.74) is -0.902. The van der Waals surface area contributed by atoms with Gasteiger partial charge in [0, 0.05) is 0 Å². The van der Waals surface area contributed by atoms with Gasteiger partial charge in [-0.15, -0.1) is 0 Å². The van der Waals surface area contributed by atoms with E-state index in [1.807, 2.05) is 34.6 Å². The number of carbonyl (C=O) groups excluding carboxylic acids is 1. The van der Waals surface area contributed by atoms with E-state index >= 15 is 0 Å². The first kappa shape index (κ1) is 15.4. The van der Waals surface area contributed by atoms with Gasteiger partial charge in [-0.2, -0.15) is 4.89 Å². The molecular weight excluding hydrogens is 204 g/mol. The van der Waals surface area contributed by atoms with Gasteiger partial charge in [0.05, 0.1) is 5.41 Å². The maximum absolute atomic E-state index is 11.8. The van der Waals surface area contributed by atoms with E-state index in [1.165, 1.54) is 0 Å². The zero-order valence-corrected chi connectivity index (χ0v) is 11.9. The number of hydrogen-bond donors (Lipinski definition) is 0. The largest absolute Gasteiger partial charge is 0.347 e. The summed E-state index contributed by atoms with van der Waals surface area (Å²) in [5.74, 6) is -0.308. The molecule has 0 N–H and O–H groups in total. The Labute approximate surface area is 99.4 Å². The maximum Gasteiger partial charge on any atom is 0.347 e. The Hall–Kier alpha value is -0.570. The Morgan fingerprint density at radius 2 is 1.38 bits per heavy atom. The minimum absolute atomic E-state index is 0.0876. The number of hydrogen-bond acceptors (Lipinski definition) is 3. The Morgan fingerprint density at radius 3 is 1.69 bits per heavy atom. The van der Waals surface area contributed by atoms with Crippen LogP contribution in [0.4, 0.5) is 0 Å². The van der Waals surface area contributed by atoms with Crippen molar-refractivity contribution in [3.8, 4) is 0 Å². The topological polar surface area (TPSA) is 35.5 Å². The van der Waals surface area contributed by atoms with Gasteiger partial charge in [-0.3, -0.25) is 4.89 Å². The fraction of sp³-hybridized carbons (Fsp3) is 0.923. The van der Waals surface area contributed by atoms with Crippen LogP contribution in [-0.4, -0.2) is 11.6 Å². The molecule has 3 nitrogen and oxygen atoms in total. The van der Waals surface area contributed by atoms with Gasteiger partial charge in [0.25, 0.3) is 0 Å². The lowest BCUT2D eigenvalue weighted by Crippen LogP contribution is -2.33. The molecule has 0 radical (unpaired) electrons. The van der Waals surface area contributed by atoms with Gasteiger partial charge in [0.1, 0.15) is 5.60 Å². The van der Waals surface area contributed by atoms with Crippen molar-refractivity contribution in [1.82, 2.24) is 0 Å². The summed E-state index contributed by atoms with van der Waals surface area (Å²) >= 11 is 0. The van der Waals surface area contributed by atoms with Crippen molar-refractivity contribution in [1.29, 1.82) is 0 Å². The number of rotatable bonds is 3. The molecule has 0 aliphatic rings. The Morgan fingerprint density at radius 1 is 0.938 bits per heavy atom. The van der Waals surface area contributed by atoms with Gasteiger partial charge in [0.2, 0.25) is 0 Å². The third kappa shape index (κ3) is 6.83. The van der Waals surface area contributed by atoms with Crippen LogP contribution in [0.3, 0.4) is 0 Å². The Bertz CT molecular complexity index is 241. The molecule has 0 aliphatic heterocycles. The molecule has 16 heavy (non-hydrogen) atoms. The highest BCUT2D eigenvalue weighted by atomic mass is 17.2. The molecule has 0 saturated carbocycles. The van der Waals surface area contributed by atoms with E-state index in [9.17, 15) is 4.79 Å². The van der Waals surface area contributed by atoms with E-state index in [-0.39, 0.29) is 11.4 Å². The van der Waals surface area contributed by atoms with Gasteiger partial charge < -0.3 is 0 Å². The predicted molar refractivity (Wildman–Crippen MR) is 64.8 cm³/mol. The fourth-order valence-electron chi connectivity index (χ4n) is 1.67. The van der Waals surface area contributed by atoms with Gasteiger partial charge >= 0.3 is 5.97 Å². The maximum atomic E-state index is 11.8. The van der Waals surface area contributed by atoms with Crippen molar-refractivity contribution in [3.05, 3.63) is 0 Å². The summed E-state index contributed by atoms with van der Waals surface area (Å²) < 4.78 is 0. The minimum atomic E-state index is -0.524. The molecule has 0 aliphatic carbocycles. The second-order valence-electron chi connectivity index (χ2n) is 7.19. The highest BCUT2D eigenvalue weighted by molar-refractivity contribution is 5.75. The molecule has 0 rings (SSSR count). The second kappa shape index (κ2) is 4.74. The second-order valence-corrected chi connectivity index (χ2v) is 7.19. The van der Waals surface area contributed by atoms with Crippen LogP contribution in [0.2, 0.25) is 0 Å². The number of carbonyl (C=O) groups is 1. The van der Waals surface area contributed by atoms with Crippen LogP contribution in [-0.2, 0) is 14.6 Å². The molecule has 0 bridgehead atoms. The normalized spacial score (nSPS) is 13.8. The smallest absolute Gasteiger partial charge is 0.297 e. The molecule has 0 heterocycles. The summed E-state index contributed by atoms with van der Waals surface area (Å²) in [6.07, 6.45) is 0.756. The molecule has 0 saturated heterocycles. The molecule has 0 unspecified atom stereocenters. The van der Waals surface area contributed by atoms with Crippen LogP contribution in [0.15, 0.2) is 0 Å². The third-order valence-electron chi connectivity index (χ3n) is 1.89. The van der Waals surface area contributed by atoms with Gasteiger partial charge in [-0.25, -0.2) is 4.79 Å². The molecule has 96 valence electrons. The van der Waals surface area contributed by atoms with E-state index in [0.717, 1.165) is 6.42 Å². The van der Waals surface area contributed by atoms with E-state index < -0.39 is 11.0 Å². The van der Waals surface area contributed by atoms with Crippen molar-refractivity contribution in [2.75, 3.05) is 0 Å². The minimum Gasteiger partial charge on any atom is -0.297 e. The van der Waals surface area contributed by atoms with Gasteiger partial charge in [0.15, 0.2) is 0 Å². The van der Waals surface area contributed by atoms with Crippen molar-refractivity contribution < 1.29 is 14.6 Å². The van der Waals surface area contributed by atoms with Gasteiger partial charge in [-0.1, -0.05) is 20.8 Å². The Kier molecular flexibility index (Phi) is 4.57. The van der Waals surface area contributed by atoms with Crippen molar-refractivity contribution >= 4 is 5.97 Å². The van der Waals surface area contributed by atoms with Gasteiger partial charge in [-0.05, 0) is 46.5 Å². The predicted octanol–water partition coefficient (Wildman–Crippen LogP) is 3.72. The summed E-state index contributed by atoms with van der Waals surface area (Å²) in [6, 6.07) is 0. The van der Waals surface area contributed by atoms with Crippen LogP contribution < -0.4 is 0 Å². The fourth-order valence-corrected chi connectivity index (χ4v) is 1.67. The molecule has 0 fully saturated rings. The molecule has 0 aromatic heterocycles. The van der Waals surface area contributed by atoms with E-state index in [4.69, 9.17) is 9.78 Å². The third-order valence-corrected chi connectivity index (χ3v) is 1.89. The lowest BCUT2D eigenvalue weighted by atomic mass is 9.76. The average Bonchev–Trinajstić information content (AvgIpc) is 1.93. The van der Waals surface area contributed by atoms with E-state index in [2.05, 4.69) is 20.8 Å². The Balaban J connectivity index is 4.37. The van der Waals surface area contributed by atoms with E-state index in [0.29, 0.717) is 0 Å². The summed E-state index contributed by atoms with van der Waals surface area (Å²) in [7, 11) is 0. The SMILES string of the molecule is CC(C)(C)CC(C)(C)C(=O)OOC(C)(C)C. The zero-order valence-electron chi connectivity index (χ0n) is 11.9. The summed E-state index contributed by atoms with van der Waals surface area (Å²) in [6.45, 7) is 15.6. The molecule has 0 aromatic rings. The molecule has 0 amide bonds. The lowest BCUT2D eigenvalue weighted by molar-refractivity contribution is -0.326. The van der Waals surface area contributed by atoms with Crippen LogP contribution in [0.5, 0.6) is 0 Å². The zero-order chi connectivity index (χ0) is 13.2. The average molecular weight is 230 g/mol.